The maximum atomic E-state index is 7.11. The molecule has 0 aliphatic heterocycles. The second-order valence-electron chi connectivity index (χ2n) is 15.9. The van der Waals surface area contributed by atoms with E-state index in [4.69, 9.17) is 4.43 Å². The third kappa shape index (κ3) is 31.2. The second kappa shape index (κ2) is 34.0. The van der Waals surface area contributed by atoms with Crippen LogP contribution in [0.1, 0.15) is 220 Å². The molecule has 0 saturated heterocycles. The Morgan fingerprint density at radius 1 is 0.333 bits per heavy atom. The van der Waals surface area contributed by atoms with E-state index in [1.54, 1.807) is 0 Å². The van der Waals surface area contributed by atoms with Crippen LogP contribution < -0.4 is 0 Å². The highest BCUT2D eigenvalue weighted by atomic mass is 28.4. The Balaban J connectivity index is 4.16. The molecule has 0 fully saturated rings. The molecule has 0 amide bonds. The van der Waals surface area contributed by atoms with Crippen molar-refractivity contribution in [2.45, 2.75) is 238 Å². The molecule has 0 heterocycles. The maximum absolute atomic E-state index is 7.11. The molecule has 0 unspecified atom stereocenters. The van der Waals surface area contributed by atoms with Crippen LogP contribution in [0, 0.1) is 0 Å². The van der Waals surface area contributed by atoms with Gasteiger partial charge >= 0.3 is 0 Å². The third-order valence-corrected chi connectivity index (χ3v) is 15.3. The van der Waals surface area contributed by atoms with E-state index in [9.17, 15) is 0 Å². The van der Waals surface area contributed by atoms with Crippen LogP contribution in [0.5, 0.6) is 0 Å². The predicted molar refractivity (Wildman–Crippen MR) is 209 cm³/mol. The molecular weight excluding hydrogens is 563 g/mol. The van der Waals surface area contributed by atoms with Gasteiger partial charge in [-0.1, -0.05) is 195 Å². The summed E-state index contributed by atoms with van der Waals surface area (Å²) in [5.41, 5.74) is 0. The number of nitrogens with zero attached hydrogens (tertiary/aromatic N) is 1. The smallest absolute Gasteiger partial charge is 0.192 e. The second-order valence-corrected chi connectivity index (χ2v) is 20.0. The van der Waals surface area contributed by atoms with Crippen LogP contribution in [0.15, 0.2) is 0 Å². The van der Waals surface area contributed by atoms with E-state index in [1.807, 2.05) is 0 Å². The molecule has 2 nitrogen and oxygen atoms in total. The largest absolute Gasteiger partial charge is 0.417 e. The van der Waals surface area contributed by atoms with Crippen molar-refractivity contribution < 1.29 is 8.91 Å². The minimum Gasteiger partial charge on any atom is -0.417 e. The Hall–Kier alpha value is 0.137. The minimum absolute atomic E-state index is 1.04. The predicted octanol–water partition coefficient (Wildman–Crippen LogP) is 14.8. The minimum atomic E-state index is -1.60. The lowest BCUT2D eigenvalue weighted by atomic mass is 10.0. The van der Waals surface area contributed by atoms with E-state index in [-0.39, 0.29) is 0 Å². The molecule has 3 heteroatoms. The maximum Gasteiger partial charge on any atom is 0.192 e. The van der Waals surface area contributed by atoms with Crippen molar-refractivity contribution in [2.24, 2.45) is 0 Å². The van der Waals surface area contributed by atoms with Crippen molar-refractivity contribution in [3.8, 4) is 0 Å². The fourth-order valence-corrected chi connectivity index (χ4v) is 11.8. The summed E-state index contributed by atoms with van der Waals surface area (Å²) in [6.07, 6.45) is 42.7. The number of hydrogen-bond acceptors (Lipinski definition) is 1. The van der Waals surface area contributed by atoms with Gasteiger partial charge in [0.1, 0.15) is 0 Å². The monoisotopic (exact) mass is 653 g/mol. The number of hydrogen-bond donors (Lipinski definition) is 0. The van der Waals surface area contributed by atoms with Gasteiger partial charge in [0.15, 0.2) is 8.32 Å². The fourth-order valence-electron chi connectivity index (χ4n) is 7.34. The van der Waals surface area contributed by atoms with Crippen molar-refractivity contribution in [1.29, 1.82) is 0 Å². The summed E-state index contributed by atoms with van der Waals surface area (Å²) in [6, 6.07) is 4.31. The highest BCUT2D eigenvalue weighted by Gasteiger charge is 2.33. The molecule has 0 radical (unpaired) electrons. The fraction of sp³-hybridized carbons (Fsp3) is 1.00. The van der Waals surface area contributed by atoms with E-state index >= 15 is 0 Å². The Morgan fingerprint density at radius 3 is 0.933 bits per heavy atom. The van der Waals surface area contributed by atoms with Crippen LogP contribution in [0.2, 0.25) is 18.1 Å². The standard InChI is InChI=1S/C42H90NOSi/c1-7-11-15-19-20-21-22-23-24-25-26-27-28-29-30-31-37-43(5,6)38-32-33-39-44-45(40-34-16-12-8-2,41-35-17-13-9-3)42-36-18-14-10-4/h7-42H2,1-6H3/q+1. The van der Waals surface area contributed by atoms with Crippen LogP contribution in [0.3, 0.4) is 0 Å². The quantitative estimate of drug-likeness (QED) is 0.0366. The summed E-state index contributed by atoms with van der Waals surface area (Å²) in [5, 5.41) is 0. The molecule has 0 bridgehead atoms. The van der Waals surface area contributed by atoms with Crippen molar-refractivity contribution in [3.05, 3.63) is 0 Å². The van der Waals surface area contributed by atoms with Gasteiger partial charge in [0.05, 0.1) is 27.2 Å². The van der Waals surface area contributed by atoms with Crippen molar-refractivity contribution in [3.63, 3.8) is 0 Å². The summed E-state index contributed by atoms with van der Waals surface area (Å²) in [7, 11) is 3.34. The lowest BCUT2D eigenvalue weighted by Gasteiger charge is -2.33. The number of quaternary nitrogens is 1. The SMILES string of the molecule is CCCCCCCCCCCCCCCCCC[N+](C)(C)CCCCO[Si](CCCCCC)(CCCCCC)CCCCCC. The average Bonchev–Trinajstić information content (AvgIpc) is 3.03. The van der Waals surface area contributed by atoms with E-state index in [0.717, 1.165) is 6.61 Å². The van der Waals surface area contributed by atoms with Gasteiger partial charge in [-0.25, -0.2) is 0 Å². The molecule has 0 aliphatic carbocycles. The van der Waals surface area contributed by atoms with E-state index < -0.39 is 8.32 Å². The molecule has 0 N–H and O–H groups in total. The first-order valence-electron chi connectivity index (χ1n) is 21.4. The molecule has 0 aliphatic rings. The summed E-state index contributed by atoms with van der Waals surface area (Å²) in [5.74, 6) is 0. The van der Waals surface area contributed by atoms with Gasteiger partial charge in [0.25, 0.3) is 0 Å². The molecule has 0 spiro atoms. The Kier molecular flexibility index (Phi) is 34.1. The third-order valence-electron chi connectivity index (χ3n) is 10.6. The Morgan fingerprint density at radius 2 is 0.600 bits per heavy atom. The molecule has 0 aromatic carbocycles. The van der Waals surface area contributed by atoms with Crippen molar-refractivity contribution in [1.82, 2.24) is 0 Å². The first kappa shape index (κ1) is 45.1. The van der Waals surface area contributed by atoms with Crippen molar-refractivity contribution >= 4 is 8.32 Å². The highest BCUT2D eigenvalue weighted by molar-refractivity contribution is 6.73. The molecule has 0 rings (SSSR count). The van der Waals surface area contributed by atoms with Gasteiger partial charge in [0, 0.05) is 6.61 Å². The normalized spacial score (nSPS) is 12.4. The Labute approximate surface area is 288 Å². The molecule has 272 valence electrons. The molecule has 0 saturated carbocycles. The molecule has 45 heavy (non-hydrogen) atoms. The van der Waals surface area contributed by atoms with Crippen LogP contribution in [-0.4, -0.2) is 46.6 Å². The van der Waals surface area contributed by atoms with Crippen molar-refractivity contribution in [2.75, 3.05) is 33.8 Å². The van der Waals surface area contributed by atoms with Gasteiger partial charge in [-0.15, -0.1) is 0 Å². The zero-order chi connectivity index (χ0) is 33.2. The molecule has 0 atom stereocenters. The lowest BCUT2D eigenvalue weighted by Crippen LogP contribution is -2.41. The molecule has 0 aromatic heterocycles. The molecular formula is C42H90NOSi+. The van der Waals surface area contributed by atoms with Gasteiger partial charge in [-0.05, 0) is 43.8 Å². The summed E-state index contributed by atoms with van der Waals surface area (Å²) in [6.45, 7) is 13.1. The van der Waals surface area contributed by atoms with Crippen LogP contribution in [-0.2, 0) is 4.43 Å². The first-order valence-corrected chi connectivity index (χ1v) is 23.9. The molecule has 0 aromatic rings. The van der Waals surface area contributed by atoms with Gasteiger partial charge in [0.2, 0.25) is 0 Å². The van der Waals surface area contributed by atoms with Gasteiger partial charge in [-0.2, -0.15) is 0 Å². The lowest BCUT2D eigenvalue weighted by molar-refractivity contribution is -0.890. The van der Waals surface area contributed by atoms with E-state index in [2.05, 4.69) is 41.8 Å². The topological polar surface area (TPSA) is 9.23 Å². The number of unbranched alkanes of at least 4 members (excludes halogenated alkanes) is 25. The zero-order valence-corrected chi connectivity index (χ0v) is 33.8. The van der Waals surface area contributed by atoms with Gasteiger partial charge < -0.3 is 8.91 Å². The zero-order valence-electron chi connectivity index (χ0n) is 32.8. The van der Waals surface area contributed by atoms with Crippen LogP contribution in [0.4, 0.5) is 0 Å². The number of rotatable bonds is 38. The average molecular weight is 653 g/mol. The van der Waals surface area contributed by atoms with Crippen LogP contribution in [0.25, 0.3) is 0 Å². The summed E-state index contributed by atoms with van der Waals surface area (Å²) >= 11 is 0. The van der Waals surface area contributed by atoms with E-state index in [0.29, 0.717) is 0 Å². The summed E-state index contributed by atoms with van der Waals surface area (Å²) < 4.78 is 8.31. The van der Waals surface area contributed by atoms with E-state index in [1.165, 1.54) is 228 Å². The summed E-state index contributed by atoms with van der Waals surface area (Å²) in [4.78, 5) is 0. The first-order chi connectivity index (χ1) is 21.9. The highest BCUT2D eigenvalue weighted by Crippen LogP contribution is 2.31. The van der Waals surface area contributed by atoms with Crippen LogP contribution >= 0.6 is 0 Å². The van der Waals surface area contributed by atoms with Gasteiger partial charge in [-0.3, -0.25) is 0 Å². The Bertz CT molecular complexity index is 534.